The van der Waals surface area contributed by atoms with Crippen molar-refractivity contribution in [2.24, 2.45) is 0 Å². The number of fused-ring (bicyclic) bond motifs is 4. The highest BCUT2D eigenvalue weighted by molar-refractivity contribution is 6.00. The van der Waals surface area contributed by atoms with E-state index in [1.165, 1.54) is 12.7 Å². The second-order valence-electron chi connectivity index (χ2n) is 6.33. The number of amides is 1. The zero-order valence-corrected chi connectivity index (χ0v) is 13.6. The molecule has 0 saturated heterocycles. The summed E-state index contributed by atoms with van der Waals surface area (Å²) in [5.41, 5.74) is 3.66. The molecule has 2 heterocycles. The summed E-state index contributed by atoms with van der Waals surface area (Å²) in [5.74, 6) is -0.766. The van der Waals surface area contributed by atoms with Crippen LogP contribution in [0.15, 0.2) is 48.5 Å². The minimum Gasteiger partial charge on any atom is -0.468 e. The maximum Gasteiger partial charge on any atom is 0.315 e. The van der Waals surface area contributed by atoms with E-state index in [2.05, 4.69) is 6.07 Å². The maximum atomic E-state index is 13.0. The van der Waals surface area contributed by atoms with E-state index in [4.69, 9.17) is 4.74 Å². The highest BCUT2D eigenvalue weighted by atomic mass is 16.5. The molecule has 2 aromatic carbocycles. The van der Waals surface area contributed by atoms with Crippen molar-refractivity contribution in [2.75, 3.05) is 13.7 Å². The quantitative estimate of drug-likeness (QED) is 0.758. The van der Waals surface area contributed by atoms with Crippen LogP contribution in [0.5, 0.6) is 0 Å². The van der Waals surface area contributed by atoms with Gasteiger partial charge < -0.3 is 9.64 Å². The fourth-order valence-corrected chi connectivity index (χ4v) is 4.06. The van der Waals surface area contributed by atoms with Gasteiger partial charge in [0.1, 0.15) is 5.92 Å². The predicted molar refractivity (Wildman–Crippen MR) is 89.7 cm³/mol. The molecule has 0 fully saturated rings. The first-order chi connectivity index (χ1) is 11.7. The van der Waals surface area contributed by atoms with Gasteiger partial charge in [0.05, 0.1) is 13.2 Å². The van der Waals surface area contributed by atoms with Crippen molar-refractivity contribution < 1.29 is 14.3 Å². The third-order valence-electron chi connectivity index (χ3n) is 5.11. The Hall–Kier alpha value is -2.62. The van der Waals surface area contributed by atoms with Crippen molar-refractivity contribution in [2.45, 2.75) is 24.8 Å². The summed E-state index contributed by atoms with van der Waals surface area (Å²) in [6.45, 7) is 0.653. The minimum absolute atomic E-state index is 0.00690. The van der Waals surface area contributed by atoms with E-state index in [0.29, 0.717) is 12.1 Å². The molecule has 0 aromatic heterocycles. The summed E-state index contributed by atoms with van der Waals surface area (Å²) < 4.78 is 5.11. The summed E-state index contributed by atoms with van der Waals surface area (Å²) in [5, 5.41) is 0. The number of nitrogens with zero attached hydrogens (tertiary/aromatic N) is 1. The number of ether oxygens (including phenoxy) is 1. The van der Waals surface area contributed by atoms with E-state index in [9.17, 15) is 9.59 Å². The average molecular weight is 321 g/mol. The standard InChI is InChI=1S/C20H19NO3/c1-24-20(23)17-15-10-4-5-11-16(15)19(22)21-12-6-8-13-7-2-3-9-14(13)18(17)21/h2-5,7,9-11,17-18H,6,8,12H2,1H3/t17-,18+/m0/s1. The molecular formula is C20H19NO3. The Morgan fingerprint density at radius 3 is 2.58 bits per heavy atom. The molecule has 0 bridgehead atoms. The zero-order valence-electron chi connectivity index (χ0n) is 13.6. The van der Waals surface area contributed by atoms with Gasteiger partial charge in [0.25, 0.3) is 5.91 Å². The van der Waals surface area contributed by atoms with Crippen molar-refractivity contribution in [1.82, 2.24) is 4.90 Å². The van der Waals surface area contributed by atoms with Crippen LogP contribution in [0.25, 0.3) is 0 Å². The number of esters is 1. The first-order valence-corrected chi connectivity index (χ1v) is 8.28. The van der Waals surface area contributed by atoms with Crippen LogP contribution in [-0.4, -0.2) is 30.4 Å². The highest BCUT2D eigenvalue weighted by Gasteiger charge is 2.45. The molecule has 2 aliphatic heterocycles. The summed E-state index contributed by atoms with van der Waals surface area (Å²) in [6.07, 6.45) is 1.82. The Bertz CT molecular complexity index is 814. The summed E-state index contributed by atoms with van der Waals surface area (Å²) in [4.78, 5) is 27.6. The van der Waals surface area contributed by atoms with Crippen molar-refractivity contribution in [3.63, 3.8) is 0 Å². The lowest BCUT2D eigenvalue weighted by molar-refractivity contribution is -0.144. The van der Waals surface area contributed by atoms with E-state index in [-0.39, 0.29) is 17.9 Å². The molecule has 1 amide bonds. The average Bonchev–Trinajstić information content (AvgIpc) is 2.82. The molecule has 4 nitrogen and oxygen atoms in total. The molecule has 0 N–H and O–H groups in total. The normalized spacial score (nSPS) is 22.0. The lowest BCUT2D eigenvalue weighted by Gasteiger charge is -2.40. The van der Waals surface area contributed by atoms with Gasteiger partial charge in [-0.25, -0.2) is 0 Å². The largest absolute Gasteiger partial charge is 0.468 e. The van der Waals surface area contributed by atoms with Crippen LogP contribution in [-0.2, 0) is 16.0 Å². The monoisotopic (exact) mass is 321 g/mol. The van der Waals surface area contributed by atoms with Gasteiger partial charge >= 0.3 is 5.97 Å². The fraction of sp³-hybridized carbons (Fsp3) is 0.300. The second-order valence-corrected chi connectivity index (χ2v) is 6.33. The molecule has 24 heavy (non-hydrogen) atoms. The van der Waals surface area contributed by atoms with E-state index >= 15 is 0 Å². The van der Waals surface area contributed by atoms with Crippen molar-refractivity contribution in [1.29, 1.82) is 0 Å². The smallest absolute Gasteiger partial charge is 0.315 e. The van der Waals surface area contributed by atoms with Crippen LogP contribution < -0.4 is 0 Å². The molecule has 2 aliphatic rings. The highest BCUT2D eigenvalue weighted by Crippen LogP contribution is 2.45. The molecule has 4 heteroatoms. The Kier molecular flexibility index (Phi) is 3.60. The molecule has 2 atom stereocenters. The Balaban J connectivity index is 1.97. The van der Waals surface area contributed by atoms with Gasteiger partial charge in [-0.3, -0.25) is 9.59 Å². The van der Waals surface area contributed by atoms with Crippen molar-refractivity contribution in [3.05, 3.63) is 70.8 Å². The molecule has 0 radical (unpaired) electrons. The first kappa shape index (κ1) is 14.9. The lowest BCUT2D eigenvalue weighted by atomic mass is 9.79. The summed E-state index contributed by atoms with van der Waals surface area (Å²) in [6, 6.07) is 15.2. The Morgan fingerprint density at radius 1 is 1.08 bits per heavy atom. The summed E-state index contributed by atoms with van der Waals surface area (Å²) in [7, 11) is 1.41. The van der Waals surface area contributed by atoms with E-state index in [0.717, 1.165) is 24.0 Å². The van der Waals surface area contributed by atoms with Crippen LogP contribution >= 0.6 is 0 Å². The van der Waals surface area contributed by atoms with Gasteiger partial charge in [-0.1, -0.05) is 42.5 Å². The predicted octanol–water partition coefficient (Wildman–Crippen LogP) is 3.09. The van der Waals surface area contributed by atoms with Crippen LogP contribution in [0.1, 0.15) is 45.4 Å². The molecule has 4 rings (SSSR count). The van der Waals surface area contributed by atoms with Gasteiger partial charge in [0, 0.05) is 12.1 Å². The Morgan fingerprint density at radius 2 is 1.79 bits per heavy atom. The van der Waals surface area contributed by atoms with E-state index in [1.54, 1.807) is 6.07 Å². The third-order valence-corrected chi connectivity index (χ3v) is 5.11. The Labute approximate surface area is 141 Å². The van der Waals surface area contributed by atoms with Gasteiger partial charge in [0.2, 0.25) is 0 Å². The number of hydrogen-bond acceptors (Lipinski definition) is 3. The van der Waals surface area contributed by atoms with E-state index < -0.39 is 5.92 Å². The van der Waals surface area contributed by atoms with Crippen LogP contribution in [0, 0.1) is 0 Å². The third kappa shape index (κ3) is 2.13. The zero-order chi connectivity index (χ0) is 16.7. The molecule has 0 unspecified atom stereocenters. The second kappa shape index (κ2) is 5.78. The van der Waals surface area contributed by atoms with Gasteiger partial charge in [-0.05, 0) is 35.6 Å². The van der Waals surface area contributed by atoms with Crippen molar-refractivity contribution >= 4 is 11.9 Å². The first-order valence-electron chi connectivity index (χ1n) is 8.28. The van der Waals surface area contributed by atoms with Crippen molar-refractivity contribution in [3.8, 4) is 0 Å². The molecule has 0 saturated carbocycles. The summed E-state index contributed by atoms with van der Waals surface area (Å²) >= 11 is 0. The van der Waals surface area contributed by atoms with E-state index in [1.807, 2.05) is 41.3 Å². The van der Waals surface area contributed by atoms with Gasteiger partial charge in [-0.2, -0.15) is 0 Å². The fourth-order valence-electron chi connectivity index (χ4n) is 4.06. The number of carbonyl (C=O) groups is 2. The number of rotatable bonds is 1. The SMILES string of the molecule is COC(=O)[C@H]1c2ccccc2C(=O)N2CCCc3ccccc3[C@H]12. The number of aryl methyl sites for hydroxylation is 1. The molecule has 2 aromatic rings. The number of benzene rings is 2. The van der Waals surface area contributed by atoms with Gasteiger partial charge in [-0.15, -0.1) is 0 Å². The number of methoxy groups -OCH3 is 1. The van der Waals surface area contributed by atoms with Gasteiger partial charge in [0.15, 0.2) is 0 Å². The number of hydrogen-bond donors (Lipinski definition) is 0. The van der Waals surface area contributed by atoms with Crippen LogP contribution in [0.2, 0.25) is 0 Å². The molecular weight excluding hydrogens is 302 g/mol. The maximum absolute atomic E-state index is 13.0. The molecule has 0 spiro atoms. The molecule has 0 aliphatic carbocycles. The lowest BCUT2D eigenvalue weighted by Crippen LogP contribution is -2.45. The van der Waals surface area contributed by atoms with Crippen LogP contribution in [0.3, 0.4) is 0 Å². The van der Waals surface area contributed by atoms with Crippen LogP contribution in [0.4, 0.5) is 0 Å². The molecule has 122 valence electrons. The minimum atomic E-state index is -0.483. The number of carbonyl (C=O) groups excluding carboxylic acids is 2. The topological polar surface area (TPSA) is 46.6 Å².